The van der Waals surface area contributed by atoms with Gasteiger partial charge in [-0.15, -0.1) is 0 Å². The Morgan fingerprint density at radius 2 is 1.95 bits per heavy atom. The van der Waals surface area contributed by atoms with Gasteiger partial charge >= 0.3 is 0 Å². The molecule has 122 valence electrons. The number of nitrogens with one attached hydrogen (secondary N) is 1. The molecule has 0 aromatic heterocycles. The molecule has 0 bridgehead atoms. The second kappa shape index (κ2) is 7.04. The maximum absolute atomic E-state index is 12.2. The molecule has 2 aliphatic rings. The molecular weight excluding hydrogens is 294 g/mol. The van der Waals surface area contributed by atoms with E-state index in [4.69, 9.17) is 4.74 Å². The fraction of sp³-hybridized carbons (Fsp3) is 0.923. The molecule has 2 rings (SSSR count). The molecule has 0 spiro atoms. The number of carbonyl (C=O) groups is 1. The van der Waals surface area contributed by atoms with E-state index in [1.807, 2.05) is 13.8 Å². The summed E-state index contributed by atoms with van der Waals surface area (Å²) in [5.74, 6) is 0.175. The molecule has 2 atom stereocenters. The van der Waals surface area contributed by atoms with Gasteiger partial charge in [0.1, 0.15) is 0 Å². The van der Waals surface area contributed by atoms with Crippen LogP contribution in [0.3, 0.4) is 0 Å². The van der Waals surface area contributed by atoms with Crippen LogP contribution in [0.1, 0.15) is 33.1 Å². The van der Waals surface area contributed by atoms with Crippen molar-refractivity contribution in [1.29, 1.82) is 0 Å². The number of nitrogens with zero attached hydrogens (tertiary/aromatic N) is 2. The highest BCUT2D eigenvalue weighted by atomic mass is 32.2. The van der Waals surface area contributed by atoms with Gasteiger partial charge in [-0.05, 0) is 26.7 Å². The molecule has 0 aromatic rings. The van der Waals surface area contributed by atoms with Crippen molar-refractivity contribution in [3.05, 3.63) is 0 Å². The van der Waals surface area contributed by atoms with Crippen LogP contribution in [-0.4, -0.2) is 68.5 Å². The van der Waals surface area contributed by atoms with Crippen molar-refractivity contribution in [3.63, 3.8) is 0 Å². The van der Waals surface area contributed by atoms with Gasteiger partial charge in [0.25, 0.3) is 10.2 Å². The summed E-state index contributed by atoms with van der Waals surface area (Å²) < 4.78 is 34.0. The number of ether oxygens (including phenoxy) is 1. The lowest BCUT2D eigenvalue weighted by atomic mass is 10.3. The van der Waals surface area contributed by atoms with Crippen molar-refractivity contribution in [3.8, 4) is 0 Å². The molecule has 1 N–H and O–H groups in total. The summed E-state index contributed by atoms with van der Waals surface area (Å²) in [4.78, 5) is 13.2. The smallest absolute Gasteiger partial charge is 0.279 e. The summed E-state index contributed by atoms with van der Waals surface area (Å²) in [6.45, 7) is 6.27. The molecule has 2 aliphatic heterocycles. The zero-order valence-corrected chi connectivity index (χ0v) is 13.6. The van der Waals surface area contributed by atoms with E-state index < -0.39 is 10.2 Å². The van der Waals surface area contributed by atoms with Crippen LogP contribution in [0, 0.1) is 0 Å². The van der Waals surface area contributed by atoms with Gasteiger partial charge in [-0.2, -0.15) is 12.7 Å². The fourth-order valence-electron chi connectivity index (χ4n) is 2.83. The molecule has 2 saturated heterocycles. The van der Waals surface area contributed by atoms with Crippen LogP contribution in [0.5, 0.6) is 0 Å². The molecule has 8 heteroatoms. The van der Waals surface area contributed by atoms with Gasteiger partial charge in [-0.3, -0.25) is 4.79 Å². The minimum Gasteiger partial charge on any atom is -0.373 e. The van der Waals surface area contributed by atoms with Crippen molar-refractivity contribution >= 4 is 16.1 Å². The summed E-state index contributed by atoms with van der Waals surface area (Å²) >= 11 is 0. The summed E-state index contributed by atoms with van der Waals surface area (Å²) in [6.07, 6.45) is 1.99. The normalized spacial score (nSPS) is 28.3. The quantitative estimate of drug-likeness (QED) is 0.696. The summed E-state index contributed by atoms with van der Waals surface area (Å²) in [7, 11) is -3.46. The topological polar surface area (TPSA) is 79.0 Å². The number of morpholine rings is 1. The average Bonchev–Trinajstić information content (AvgIpc) is 2.79. The van der Waals surface area contributed by atoms with Crippen molar-refractivity contribution < 1.29 is 17.9 Å². The first-order valence-electron chi connectivity index (χ1n) is 7.56. The molecule has 2 fully saturated rings. The standard InChI is InChI=1S/C13H25N3O4S/c1-11-9-16(10-12(2)20-11)21(18,19)14-6-4-8-15-7-3-5-13(15)17/h11-12,14H,3-10H2,1-2H3. The number of likely N-dealkylation sites (tertiary alicyclic amines) is 1. The highest BCUT2D eigenvalue weighted by molar-refractivity contribution is 7.87. The molecule has 0 aliphatic carbocycles. The van der Waals surface area contributed by atoms with E-state index in [1.165, 1.54) is 4.31 Å². The lowest BCUT2D eigenvalue weighted by Crippen LogP contribution is -2.52. The van der Waals surface area contributed by atoms with E-state index in [0.717, 1.165) is 13.0 Å². The number of hydrogen-bond donors (Lipinski definition) is 1. The van der Waals surface area contributed by atoms with Gasteiger partial charge in [-0.1, -0.05) is 0 Å². The zero-order valence-electron chi connectivity index (χ0n) is 12.7. The van der Waals surface area contributed by atoms with Gasteiger partial charge in [0.05, 0.1) is 12.2 Å². The fourth-order valence-corrected chi connectivity index (χ4v) is 4.23. The van der Waals surface area contributed by atoms with Gasteiger partial charge in [0.15, 0.2) is 0 Å². The Labute approximate surface area is 126 Å². The molecule has 7 nitrogen and oxygen atoms in total. The van der Waals surface area contributed by atoms with Gasteiger partial charge < -0.3 is 9.64 Å². The van der Waals surface area contributed by atoms with Crippen LogP contribution in [0.4, 0.5) is 0 Å². The largest absolute Gasteiger partial charge is 0.373 e. The first-order valence-corrected chi connectivity index (χ1v) is 9.00. The van der Waals surface area contributed by atoms with E-state index in [1.54, 1.807) is 4.90 Å². The molecule has 21 heavy (non-hydrogen) atoms. The number of hydrogen-bond acceptors (Lipinski definition) is 4. The second-order valence-corrected chi connectivity index (χ2v) is 7.57. The first kappa shape index (κ1) is 16.7. The molecule has 0 aromatic carbocycles. The highest BCUT2D eigenvalue weighted by Crippen LogP contribution is 2.13. The van der Waals surface area contributed by atoms with E-state index in [0.29, 0.717) is 39.0 Å². The number of amides is 1. The summed E-state index contributed by atoms with van der Waals surface area (Å²) in [5.41, 5.74) is 0. The van der Waals surface area contributed by atoms with E-state index in [9.17, 15) is 13.2 Å². The van der Waals surface area contributed by atoms with Crippen LogP contribution in [0.2, 0.25) is 0 Å². The Bertz CT molecular complexity index is 458. The van der Waals surface area contributed by atoms with E-state index in [2.05, 4.69) is 4.72 Å². The van der Waals surface area contributed by atoms with Crippen molar-refractivity contribution in [2.45, 2.75) is 45.3 Å². The van der Waals surface area contributed by atoms with Crippen molar-refractivity contribution in [2.75, 3.05) is 32.7 Å². The minimum atomic E-state index is -3.46. The Balaban J connectivity index is 1.74. The van der Waals surface area contributed by atoms with Crippen molar-refractivity contribution in [1.82, 2.24) is 13.9 Å². The van der Waals surface area contributed by atoms with Crippen molar-refractivity contribution in [2.24, 2.45) is 0 Å². The Hall–Kier alpha value is -0.700. The van der Waals surface area contributed by atoms with Crippen LogP contribution >= 0.6 is 0 Å². The molecule has 1 amide bonds. The van der Waals surface area contributed by atoms with Crippen LogP contribution in [0.25, 0.3) is 0 Å². The molecular formula is C13H25N3O4S. The van der Waals surface area contributed by atoms with E-state index in [-0.39, 0.29) is 18.1 Å². The number of carbonyl (C=O) groups excluding carboxylic acids is 1. The lowest BCUT2D eigenvalue weighted by molar-refractivity contribution is -0.127. The SMILES string of the molecule is CC1CN(S(=O)(=O)NCCCN2CCCC2=O)CC(C)O1. The van der Waals surface area contributed by atoms with Crippen LogP contribution in [-0.2, 0) is 19.7 Å². The Kier molecular flexibility index (Phi) is 5.59. The third-order valence-corrected chi connectivity index (χ3v) is 5.33. The summed E-state index contributed by atoms with van der Waals surface area (Å²) in [5, 5.41) is 0. The first-order chi connectivity index (χ1) is 9.88. The van der Waals surface area contributed by atoms with Crippen LogP contribution < -0.4 is 4.72 Å². The molecule has 2 unspecified atom stereocenters. The Morgan fingerprint density at radius 3 is 2.52 bits per heavy atom. The van der Waals surface area contributed by atoms with Gasteiger partial charge in [-0.25, -0.2) is 4.72 Å². The number of rotatable bonds is 6. The third-order valence-electron chi connectivity index (χ3n) is 3.79. The van der Waals surface area contributed by atoms with Gasteiger partial charge in [0.2, 0.25) is 5.91 Å². The third kappa shape index (κ3) is 4.64. The monoisotopic (exact) mass is 319 g/mol. The predicted molar refractivity (Wildman–Crippen MR) is 78.9 cm³/mol. The zero-order chi connectivity index (χ0) is 15.5. The molecule has 2 heterocycles. The average molecular weight is 319 g/mol. The maximum atomic E-state index is 12.2. The van der Waals surface area contributed by atoms with Gasteiger partial charge in [0, 0.05) is 39.1 Å². The predicted octanol–water partition coefficient (Wildman–Crippen LogP) is -0.0575. The minimum absolute atomic E-state index is 0.0902. The lowest BCUT2D eigenvalue weighted by Gasteiger charge is -2.34. The van der Waals surface area contributed by atoms with E-state index >= 15 is 0 Å². The highest BCUT2D eigenvalue weighted by Gasteiger charge is 2.30. The molecule has 0 radical (unpaired) electrons. The second-order valence-electron chi connectivity index (χ2n) is 5.81. The molecule has 0 saturated carbocycles. The maximum Gasteiger partial charge on any atom is 0.279 e. The van der Waals surface area contributed by atoms with Crippen LogP contribution in [0.15, 0.2) is 0 Å². The summed E-state index contributed by atoms with van der Waals surface area (Å²) in [6, 6.07) is 0. The Morgan fingerprint density at radius 1 is 1.29 bits per heavy atom.